The van der Waals surface area contributed by atoms with Crippen molar-refractivity contribution < 1.29 is 18.4 Å². The zero-order valence-electron chi connectivity index (χ0n) is 16.0. The number of carbonyl (C=O) groups is 2. The van der Waals surface area contributed by atoms with Gasteiger partial charge in [-0.2, -0.15) is 0 Å². The molecule has 156 valence electrons. The molecule has 0 aromatic heterocycles. The molecule has 0 radical (unpaired) electrons. The Morgan fingerprint density at radius 3 is 2.45 bits per heavy atom. The summed E-state index contributed by atoms with van der Waals surface area (Å²) in [5.74, 6) is -2.68. The Hall–Kier alpha value is -2.90. The summed E-state index contributed by atoms with van der Waals surface area (Å²) < 4.78 is 27.5. The number of benzene rings is 3. The van der Waals surface area contributed by atoms with Crippen LogP contribution in [0.4, 0.5) is 20.2 Å². The van der Waals surface area contributed by atoms with Crippen molar-refractivity contribution in [3.63, 3.8) is 0 Å². The predicted molar refractivity (Wildman–Crippen MR) is 117 cm³/mol. The minimum atomic E-state index is -1.37. The van der Waals surface area contributed by atoms with Crippen LogP contribution in [0, 0.1) is 11.6 Å². The largest absolute Gasteiger partial charge is 0.304 e. The van der Waals surface area contributed by atoms with Gasteiger partial charge in [-0.1, -0.05) is 41.9 Å². The van der Waals surface area contributed by atoms with Crippen molar-refractivity contribution >= 4 is 46.6 Å². The van der Waals surface area contributed by atoms with Gasteiger partial charge in [-0.15, -0.1) is 11.8 Å². The van der Waals surface area contributed by atoms with E-state index in [1.807, 2.05) is 24.3 Å². The zero-order valence-corrected chi connectivity index (χ0v) is 17.6. The third-order valence-electron chi connectivity index (χ3n) is 5.48. The van der Waals surface area contributed by atoms with Gasteiger partial charge in [-0.05, 0) is 35.9 Å². The minimum Gasteiger partial charge on any atom is -0.304 e. The maximum atomic E-state index is 14.0. The van der Waals surface area contributed by atoms with Crippen LogP contribution in [0.5, 0.6) is 0 Å². The van der Waals surface area contributed by atoms with E-state index in [1.54, 1.807) is 29.2 Å². The molecule has 0 bridgehead atoms. The minimum absolute atomic E-state index is 0.0495. The lowest BCUT2D eigenvalue weighted by atomic mass is 10.0. The number of nitrogens with zero attached hydrogens (tertiary/aromatic N) is 2. The standard InChI is InChI=1S/C23H15ClF2N2O2S/c24-15-7-5-14(6-8-15)12-27-20-4-2-1-3-17(20)23(22(27)30)28(21(29)13-31-23)16-9-10-18(25)19(26)11-16/h1-11H,12-13H2. The van der Waals surface area contributed by atoms with Crippen LogP contribution in [0.3, 0.4) is 0 Å². The lowest BCUT2D eigenvalue weighted by Crippen LogP contribution is -2.49. The summed E-state index contributed by atoms with van der Waals surface area (Å²) in [5, 5.41) is 0.592. The molecule has 2 aliphatic heterocycles. The molecule has 0 N–H and O–H groups in total. The van der Waals surface area contributed by atoms with E-state index in [1.165, 1.54) is 22.7 Å². The molecule has 1 unspecified atom stereocenters. The number of thioether (sulfide) groups is 1. The van der Waals surface area contributed by atoms with Crippen molar-refractivity contribution in [2.45, 2.75) is 11.4 Å². The SMILES string of the molecule is O=C1CSC2(C(=O)N(Cc3ccc(Cl)cc3)c3ccccc32)N1c1ccc(F)c(F)c1. The van der Waals surface area contributed by atoms with Gasteiger partial charge in [-0.3, -0.25) is 14.5 Å². The number of hydrogen-bond acceptors (Lipinski definition) is 3. The van der Waals surface area contributed by atoms with Gasteiger partial charge >= 0.3 is 0 Å². The molecule has 31 heavy (non-hydrogen) atoms. The molecule has 5 rings (SSSR count). The van der Waals surface area contributed by atoms with Gasteiger partial charge in [0.05, 0.1) is 18.0 Å². The van der Waals surface area contributed by atoms with Crippen LogP contribution < -0.4 is 9.80 Å². The first kappa shape index (κ1) is 20.0. The second-order valence-electron chi connectivity index (χ2n) is 7.30. The molecule has 0 saturated carbocycles. The number of fused-ring (bicyclic) bond motifs is 2. The van der Waals surface area contributed by atoms with E-state index < -0.39 is 16.5 Å². The molecular formula is C23H15ClF2N2O2S. The highest BCUT2D eigenvalue weighted by molar-refractivity contribution is 8.02. The summed E-state index contributed by atoms with van der Waals surface area (Å²) in [6.07, 6.45) is 0. The summed E-state index contributed by atoms with van der Waals surface area (Å²) >= 11 is 7.17. The first-order chi connectivity index (χ1) is 14.9. The smallest absolute Gasteiger partial charge is 0.269 e. The first-order valence-corrected chi connectivity index (χ1v) is 10.9. The number of carbonyl (C=O) groups excluding carboxylic acids is 2. The first-order valence-electron chi connectivity index (χ1n) is 9.50. The highest BCUT2D eigenvalue weighted by Gasteiger charge is 2.60. The Bertz CT molecular complexity index is 1220. The van der Waals surface area contributed by atoms with Gasteiger partial charge in [-0.25, -0.2) is 8.78 Å². The Kier molecular flexibility index (Phi) is 4.75. The van der Waals surface area contributed by atoms with Crippen LogP contribution in [-0.4, -0.2) is 17.6 Å². The van der Waals surface area contributed by atoms with Gasteiger partial charge in [0.15, 0.2) is 11.6 Å². The van der Waals surface area contributed by atoms with Crippen LogP contribution in [0.2, 0.25) is 5.02 Å². The Morgan fingerprint density at radius 1 is 0.968 bits per heavy atom. The number of rotatable bonds is 3. The van der Waals surface area contributed by atoms with Crippen LogP contribution >= 0.6 is 23.4 Å². The summed E-state index contributed by atoms with van der Waals surface area (Å²) in [5.41, 5.74) is 2.34. The number of anilines is 2. The van der Waals surface area contributed by atoms with Crippen LogP contribution in [-0.2, 0) is 21.0 Å². The number of halogens is 3. The van der Waals surface area contributed by atoms with Crippen molar-refractivity contribution in [3.8, 4) is 0 Å². The summed E-state index contributed by atoms with van der Waals surface area (Å²) in [7, 11) is 0. The van der Waals surface area contributed by atoms with Gasteiger partial charge in [0.1, 0.15) is 0 Å². The fourth-order valence-electron chi connectivity index (χ4n) is 4.11. The van der Waals surface area contributed by atoms with Gasteiger partial charge in [0, 0.05) is 22.3 Å². The highest BCUT2D eigenvalue weighted by Crippen LogP contribution is 2.56. The van der Waals surface area contributed by atoms with Crippen molar-refractivity contribution in [1.82, 2.24) is 0 Å². The topological polar surface area (TPSA) is 40.6 Å². The maximum Gasteiger partial charge on any atom is 0.269 e. The van der Waals surface area contributed by atoms with Gasteiger partial charge in [0.25, 0.3) is 5.91 Å². The highest BCUT2D eigenvalue weighted by atomic mass is 35.5. The summed E-state index contributed by atoms with van der Waals surface area (Å²) in [6, 6.07) is 17.7. The van der Waals surface area contributed by atoms with Crippen molar-refractivity contribution in [2.24, 2.45) is 0 Å². The summed E-state index contributed by atoms with van der Waals surface area (Å²) in [6.45, 7) is 0.287. The molecule has 2 heterocycles. The molecule has 0 aliphatic carbocycles. The van der Waals surface area contributed by atoms with E-state index >= 15 is 0 Å². The van der Waals surface area contributed by atoms with Crippen LogP contribution in [0.25, 0.3) is 0 Å². The number of hydrogen-bond donors (Lipinski definition) is 0. The monoisotopic (exact) mass is 456 g/mol. The predicted octanol–water partition coefficient (Wildman–Crippen LogP) is 5.10. The van der Waals surface area contributed by atoms with Gasteiger partial charge < -0.3 is 4.90 Å². The molecule has 2 aliphatic rings. The summed E-state index contributed by atoms with van der Waals surface area (Å²) in [4.78, 5) is 28.3. The van der Waals surface area contributed by atoms with E-state index in [0.29, 0.717) is 16.3 Å². The quantitative estimate of drug-likeness (QED) is 0.550. The third kappa shape index (κ3) is 3.03. The molecular weight excluding hydrogens is 442 g/mol. The Morgan fingerprint density at radius 2 is 1.71 bits per heavy atom. The van der Waals surface area contributed by atoms with E-state index in [-0.39, 0.29) is 29.8 Å². The van der Waals surface area contributed by atoms with E-state index in [9.17, 15) is 18.4 Å². The fraction of sp³-hybridized carbons (Fsp3) is 0.130. The Balaban J connectivity index is 1.63. The average Bonchev–Trinajstić information content (AvgIpc) is 3.23. The molecule has 4 nitrogen and oxygen atoms in total. The second kappa shape index (κ2) is 7.35. The molecule has 1 saturated heterocycles. The fourth-order valence-corrected chi connectivity index (χ4v) is 5.59. The van der Waals surface area contributed by atoms with Gasteiger partial charge in [0.2, 0.25) is 10.8 Å². The van der Waals surface area contributed by atoms with E-state index in [2.05, 4.69) is 0 Å². The molecule has 3 aromatic rings. The van der Waals surface area contributed by atoms with E-state index in [4.69, 9.17) is 11.6 Å². The maximum absolute atomic E-state index is 14.0. The van der Waals surface area contributed by atoms with Crippen molar-refractivity contribution in [1.29, 1.82) is 0 Å². The Labute approximate surface area is 186 Å². The van der Waals surface area contributed by atoms with Crippen LogP contribution in [0.1, 0.15) is 11.1 Å². The lowest BCUT2D eigenvalue weighted by molar-refractivity contribution is -0.123. The molecule has 3 aromatic carbocycles. The van der Waals surface area contributed by atoms with E-state index in [0.717, 1.165) is 17.7 Å². The van der Waals surface area contributed by atoms with Crippen molar-refractivity contribution in [3.05, 3.63) is 94.5 Å². The molecule has 2 amide bonds. The van der Waals surface area contributed by atoms with Crippen LogP contribution in [0.15, 0.2) is 66.7 Å². The number of para-hydroxylation sites is 1. The third-order valence-corrected chi connectivity index (χ3v) is 7.12. The normalized spacial score (nSPS) is 20.1. The molecule has 8 heteroatoms. The second-order valence-corrected chi connectivity index (χ2v) is 8.90. The molecule has 1 fully saturated rings. The lowest BCUT2D eigenvalue weighted by Gasteiger charge is -2.33. The zero-order chi connectivity index (χ0) is 21.8. The van der Waals surface area contributed by atoms with Crippen molar-refractivity contribution in [2.75, 3.05) is 15.6 Å². The number of amides is 2. The molecule has 1 atom stereocenters. The molecule has 1 spiro atoms. The average molecular weight is 457 g/mol.